The number of aliphatic hydroxyl groups is 1. The van der Waals surface area contributed by atoms with E-state index in [-0.39, 0.29) is 5.97 Å². The maximum atomic E-state index is 11.7. The van der Waals surface area contributed by atoms with Gasteiger partial charge in [0.05, 0.1) is 26.4 Å². The molecule has 0 radical (unpaired) electrons. The molecule has 1 aromatic carbocycles. The van der Waals surface area contributed by atoms with E-state index in [1.807, 2.05) is 35.2 Å². The summed E-state index contributed by atoms with van der Waals surface area (Å²) in [5.74, 6) is -0.319. The predicted molar refractivity (Wildman–Crippen MR) is 69.6 cm³/mol. The average molecular weight is 265 g/mol. The molecule has 1 fully saturated rings. The first-order valence-corrected chi connectivity index (χ1v) is 6.35. The number of ether oxygens (including phenoxy) is 2. The van der Waals surface area contributed by atoms with Crippen molar-refractivity contribution < 1.29 is 19.4 Å². The summed E-state index contributed by atoms with van der Waals surface area (Å²) in [6.45, 7) is 1.89. The third-order valence-electron chi connectivity index (χ3n) is 3.30. The molecule has 5 heteroatoms. The molecule has 1 N–H and O–H groups in total. The molecule has 0 amide bonds. The fraction of sp³-hybridized carbons (Fsp3) is 0.500. The van der Waals surface area contributed by atoms with Gasteiger partial charge in [-0.15, -0.1) is 0 Å². The molecule has 104 valence electrons. The summed E-state index contributed by atoms with van der Waals surface area (Å²) in [6, 6.07) is 8.99. The summed E-state index contributed by atoms with van der Waals surface area (Å²) in [5, 5.41) is 10.2. The first kappa shape index (κ1) is 14.0. The second-order valence-electron chi connectivity index (χ2n) is 4.54. The molecule has 0 aromatic heterocycles. The van der Waals surface area contributed by atoms with Crippen molar-refractivity contribution in [1.29, 1.82) is 0 Å². The quantitative estimate of drug-likeness (QED) is 0.808. The Bertz CT molecular complexity index is 409. The van der Waals surface area contributed by atoms with Gasteiger partial charge >= 0.3 is 5.97 Å². The molecule has 2 atom stereocenters. The Balaban J connectivity index is 2.01. The zero-order chi connectivity index (χ0) is 13.7. The van der Waals surface area contributed by atoms with Crippen molar-refractivity contribution in [2.75, 3.05) is 33.4 Å². The Kier molecular flexibility index (Phi) is 4.90. The van der Waals surface area contributed by atoms with Gasteiger partial charge in [-0.25, -0.2) is 0 Å². The van der Waals surface area contributed by atoms with Crippen LogP contribution in [0.5, 0.6) is 0 Å². The van der Waals surface area contributed by atoms with E-state index in [1.54, 1.807) is 0 Å². The highest BCUT2D eigenvalue weighted by molar-refractivity contribution is 5.75. The molecule has 0 spiro atoms. The maximum absolute atomic E-state index is 11.7. The number of carbonyl (C=O) groups excluding carboxylic acids is 1. The minimum absolute atomic E-state index is 0.314. The van der Waals surface area contributed by atoms with E-state index in [0.717, 1.165) is 5.56 Å². The van der Waals surface area contributed by atoms with Gasteiger partial charge in [-0.2, -0.15) is 0 Å². The van der Waals surface area contributed by atoms with E-state index >= 15 is 0 Å². The SMILES string of the molecule is COC(=O)C1COCCN1CC(O)c1ccccc1. The number of carbonyl (C=O) groups is 1. The zero-order valence-corrected chi connectivity index (χ0v) is 11.0. The molecule has 1 aliphatic rings. The lowest BCUT2D eigenvalue weighted by molar-refractivity contribution is -0.154. The van der Waals surface area contributed by atoms with E-state index in [4.69, 9.17) is 9.47 Å². The number of aliphatic hydroxyl groups excluding tert-OH is 1. The van der Waals surface area contributed by atoms with Crippen LogP contribution in [0.25, 0.3) is 0 Å². The molecule has 1 heterocycles. The molecule has 0 bridgehead atoms. The van der Waals surface area contributed by atoms with Crippen LogP contribution in [-0.2, 0) is 14.3 Å². The highest BCUT2D eigenvalue weighted by Crippen LogP contribution is 2.17. The lowest BCUT2D eigenvalue weighted by Crippen LogP contribution is -2.51. The first-order valence-electron chi connectivity index (χ1n) is 6.35. The molecular formula is C14H19NO4. The monoisotopic (exact) mass is 265 g/mol. The lowest BCUT2D eigenvalue weighted by Gasteiger charge is -2.34. The van der Waals surface area contributed by atoms with Crippen molar-refractivity contribution in [3.05, 3.63) is 35.9 Å². The second kappa shape index (κ2) is 6.65. The van der Waals surface area contributed by atoms with Crippen LogP contribution >= 0.6 is 0 Å². The number of hydrogen-bond acceptors (Lipinski definition) is 5. The summed E-state index contributed by atoms with van der Waals surface area (Å²) < 4.78 is 10.1. The van der Waals surface area contributed by atoms with Crippen LogP contribution in [-0.4, -0.2) is 55.4 Å². The van der Waals surface area contributed by atoms with Crippen LogP contribution in [0.4, 0.5) is 0 Å². The Morgan fingerprint density at radius 2 is 2.26 bits per heavy atom. The minimum atomic E-state index is -0.619. The van der Waals surface area contributed by atoms with Crippen molar-refractivity contribution in [2.24, 2.45) is 0 Å². The molecule has 2 rings (SSSR count). The van der Waals surface area contributed by atoms with Gasteiger partial charge in [0.15, 0.2) is 0 Å². The highest BCUT2D eigenvalue weighted by atomic mass is 16.5. The topological polar surface area (TPSA) is 59.0 Å². The zero-order valence-electron chi connectivity index (χ0n) is 11.0. The van der Waals surface area contributed by atoms with Crippen LogP contribution < -0.4 is 0 Å². The highest BCUT2D eigenvalue weighted by Gasteiger charge is 2.31. The van der Waals surface area contributed by atoms with Crippen LogP contribution in [0.1, 0.15) is 11.7 Å². The van der Waals surface area contributed by atoms with Gasteiger partial charge in [0.25, 0.3) is 0 Å². The molecule has 1 aromatic rings. The summed E-state index contributed by atoms with van der Waals surface area (Å²) in [5.41, 5.74) is 0.845. The number of benzene rings is 1. The van der Waals surface area contributed by atoms with E-state index in [0.29, 0.717) is 26.3 Å². The average Bonchev–Trinajstić information content (AvgIpc) is 2.48. The van der Waals surface area contributed by atoms with Crippen LogP contribution in [0.15, 0.2) is 30.3 Å². The van der Waals surface area contributed by atoms with Gasteiger partial charge in [0.2, 0.25) is 0 Å². The molecule has 0 saturated carbocycles. The standard InChI is InChI=1S/C14H19NO4/c1-18-14(17)12-10-19-8-7-15(12)9-13(16)11-5-3-2-4-6-11/h2-6,12-13,16H,7-10H2,1H3. The molecule has 5 nitrogen and oxygen atoms in total. The lowest BCUT2D eigenvalue weighted by atomic mass is 10.1. The number of morpholine rings is 1. The van der Waals surface area contributed by atoms with Gasteiger partial charge in [-0.3, -0.25) is 9.69 Å². The molecule has 1 aliphatic heterocycles. The summed E-state index contributed by atoms with van der Waals surface area (Å²) in [4.78, 5) is 13.6. The van der Waals surface area contributed by atoms with Gasteiger partial charge in [-0.05, 0) is 5.56 Å². The molecular weight excluding hydrogens is 246 g/mol. The third kappa shape index (κ3) is 3.53. The first-order chi connectivity index (χ1) is 9.22. The van der Waals surface area contributed by atoms with E-state index in [1.165, 1.54) is 7.11 Å². The van der Waals surface area contributed by atoms with Gasteiger partial charge in [0, 0.05) is 13.1 Å². The van der Waals surface area contributed by atoms with Crippen molar-refractivity contribution in [1.82, 2.24) is 4.90 Å². The van der Waals surface area contributed by atoms with E-state index in [2.05, 4.69) is 0 Å². The van der Waals surface area contributed by atoms with Crippen LogP contribution in [0.3, 0.4) is 0 Å². The number of methoxy groups -OCH3 is 1. The van der Waals surface area contributed by atoms with Crippen molar-refractivity contribution in [2.45, 2.75) is 12.1 Å². The van der Waals surface area contributed by atoms with Crippen LogP contribution in [0, 0.1) is 0 Å². The van der Waals surface area contributed by atoms with Gasteiger partial charge < -0.3 is 14.6 Å². The Hall–Kier alpha value is -1.43. The Labute approximate surface area is 112 Å². The van der Waals surface area contributed by atoms with E-state index < -0.39 is 12.1 Å². The van der Waals surface area contributed by atoms with Crippen LogP contribution in [0.2, 0.25) is 0 Å². The second-order valence-corrected chi connectivity index (χ2v) is 4.54. The predicted octanol–water partition coefficient (Wildman–Crippen LogP) is 0.594. The fourth-order valence-electron chi connectivity index (χ4n) is 2.21. The van der Waals surface area contributed by atoms with Gasteiger partial charge in [0.1, 0.15) is 6.04 Å². The molecule has 19 heavy (non-hydrogen) atoms. The molecule has 2 unspecified atom stereocenters. The number of hydrogen-bond donors (Lipinski definition) is 1. The minimum Gasteiger partial charge on any atom is -0.468 e. The van der Waals surface area contributed by atoms with Crippen molar-refractivity contribution >= 4 is 5.97 Å². The third-order valence-corrected chi connectivity index (χ3v) is 3.30. The summed E-state index contributed by atoms with van der Waals surface area (Å²) in [6.07, 6.45) is -0.619. The van der Waals surface area contributed by atoms with Gasteiger partial charge in [-0.1, -0.05) is 30.3 Å². The maximum Gasteiger partial charge on any atom is 0.325 e. The number of esters is 1. The summed E-state index contributed by atoms with van der Waals surface area (Å²) >= 11 is 0. The normalized spacial score (nSPS) is 21.9. The number of rotatable bonds is 4. The van der Waals surface area contributed by atoms with Crippen molar-refractivity contribution in [3.63, 3.8) is 0 Å². The number of nitrogens with zero attached hydrogens (tertiary/aromatic N) is 1. The van der Waals surface area contributed by atoms with Crippen molar-refractivity contribution in [3.8, 4) is 0 Å². The molecule has 1 saturated heterocycles. The Morgan fingerprint density at radius 3 is 2.95 bits per heavy atom. The smallest absolute Gasteiger partial charge is 0.325 e. The summed E-state index contributed by atoms with van der Waals surface area (Å²) in [7, 11) is 1.36. The Morgan fingerprint density at radius 1 is 1.53 bits per heavy atom. The van der Waals surface area contributed by atoms with E-state index in [9.17, 15) is 9.90 Å². The molecule has 0 aliphatic carbocycles. The largest absolute Gasteiger partial charge is 0.468 e. The fourth-order valence-corrected chi connectivity index (χ4v) is 2.21. The number of β-amino-alcohol motifs (C(OH)–C–C–N with tert-alkyl or cyclic N) is 1.